The SMILES string of the molecule is CC(CC(=O)Nc1cccc(Cl)c1)S(=O)(=O)c1ccc2c(c1)CCN2C(=O)C1CC1. The van der Waals surface area contributed by atoms with E-state index in [4.69, 9.17) is 11.6 Å². The van der Waals surface area contributed by atoms with E-state index in [0.717, 1.165) is 24.1 Å². The molecule has 2 aromatic rings. The fourth-order valence-electron chi connectivity index (χ4n) is 3.72. The number of benzene rings is 2. The maximum Gasteiger partial charge on any atom is 0.230 e. The number of anilines is 2. The topological polar surface area (TPSA) is 83.6 Å². The van der Waals surface area contributed by atoms with E-state index in [1.54, 1.807) is 41.3 Å². The monoisotopic (exact) mass is 446 g/mol. The highest BCUT2D eigenvalue weighted by Crippen LogP contribution is 2.37. The molecule has 1 aliphatic heterocycles. The molecule has 2 aliphatic rings. The van der Waals surface area contributed by atoms with E-state index in [-0.39, 0.29) is 23.1 Å². The Morgan fingerprint density at radius 2 is 1.97 bits per heavy atom. The van der Waals surface area contributed by atoms with Gasteiger partial charge in [0.1, 0.15) is 0 Å². The summed E-state index contributed by atoms with van der Waals surface area (Å²) in [6.45, 7) is 2.12. The lowest BCUT2D eigenvalue weighted by Gasteiger charge is -2.18. The number of nitrogens with zero attached hydrogens (tertiary/aromatic N) is 1. The molecular weight excluding hydrogens is 424 g/mol. The molecule has 0 saturated heterocycles. The number of carbonyl (C=O) groups excluding carboxylic acids is 2. The molecular formula is C22H23ClN2O4S. The Balaban J connectivity index is 1.46. The van der Waals surface area contributed by atoms with Crippen LogP contribution in [0.2, 0.25) is 5.02 Å². The fraction of sp³-hybridized carbons (Fsp3) is 0.364. The van der Waals surface area contributed by atoms with Crippen LogP contribution in [0.1, 0.15) is 31.7 Å². The van der Waals surface area contributed by atoms with Gasteiger partial charge >= 0.3 is 0 Å². The molecule has 1 unspecified atom stereocenters. The predicted octanol–water partition coefficient (Wildman–Crippen LogP) is 3.83. The summed E-state index contributed by atoms with van der Waals surface area (Å²) in [7, 11) is -3.69. The van der Waals surface area contributed by atoms with Crippen LogP contribution >= 0.6 is 11.6 Å². The van der Waals surface area contributed by atoms with Gasteiger partial charge in [0.05, 0.1) is 10.1 Å². The van der Waals surface area contributed by atoms with Crippen molar-refractivity contribution in [3.63, 3.8) is 0 Å². The van der Waals surface area contributed by atoms with Crippen LogP contribution in [0.15, 0.2) is 47.4 Å². The van der Waals surface area contributed by atoms with Crippen LogP contribution in [-0.2, 0) is 25.8 Å². The van der Waals surface area contributed by atoms with Crippen LogP contribution in [0.3, 0.4) is 0 Å². The largest absolute Gasteiger partial charge is 0.326 e. The van der Waals surface area contributed by atoms with Crippen molar-refractivity contribution in [3.8, 4) is 0 Å². The van der Waals surface area contributed by atoms with E-state index in [1.165, 1.54) is 13.0 Å². The van der Waals surface area contributed by atoms with Crippen LogP contribution < -0.4 is 10.2 Å². The molecule has 1 saturated carbocycles. The van der Waals surface area contributed by atoms with Gasteiger partial charge in [-0.2, -0.15) is 0 Å². The second-order valence-corrected chi connectivity index (χ2v) is 10.7. The van der Waals surface area contributed by atoms with Crippen molar-refractivity contribution in [3.05, 3.63) is 53.1 Å². The second-order valence-electron chi connectivity index (χ2n) is 7.92. The van der Waals surface area contributed by atoms with Crippen LogP contribution in [-0.4, -0.2) is 32.0 Å². The number of halogens is 1. The normalized spacial score (nSPS) is 16.8. The number of hydrogen-bond acceptors (Lipinski definition) is 4. The number of rotatable bonds is 6. The standard InChI is InChI=1S/C22H23ClN2O4S/c1-14(11-21(26)24-18-4-2-3-17(23)13-18)30(28,29)19-7-8-20-16(12-19)9-10-25(20)22(27)15-5-6-15/h2-4,7-8,12-15H,5-6,9-11H2,1H3,(H,24,26). The zero-order chi connectivity index (χ0) is 21.5. The number of nitrogens with one attached hydrogen (secondary N) is 1. The predicted molar refractivity (Wildman–Crippen MR) is 117 cm³/mol. The molecule has 1 N–H and O–H groups in total. The molecule has 4 rings (SSSR count). The third-order valence-electron chi connectivity index (χ3n) is 5.58. The lowest BCUT2D eigenvalue weighted by Crippen LogP contribution is -2.30. The molecule has 158 valence electrons. The van der Waals surface area contributed by atoms with Crippen molar-refractivity contribution in [2.24, 2.45) is 5.92 Å². The Morgan fingerprint density at radius 3 is 2.67 bits per heavy atom. The first-order chi connectivity index (χ1) is 14.3. The van der Waals surface area contributed by atoms with Crippen LogP contribution in [0, 0.1) is 5.92 Å². The minimum Gasteiger partial charge on any atom is -0.326 e. The molecule has 1 aliphatic carbocycles. The van der Waals surface area contributed by atoms with Gasteiger partial charge in [-0.15, -0.1) is 0 Å². The van der Waals surface area contributed by atoms with Crippen molar-refractivity contribution < 1.29 is 18.0 Å². The average molecular weight is 447 g/mol. The summed E-state index contributed by atoms with van der Waals surface area (Å²) in [4.78, 5) is 26.7. The maximum absolute atomic E-state index is 13.0. The van der Waals surface area contributed by atoms with E-state index in [0.29, 0.717) is 23.7 Å². The van der Waals surface area contributed by atoms with E-state index in [9.17, 15) is 18.0 Å². The summed E-state index contributed by atoms with van der Waals surface area (Å²) in [6.07, 6.45) is 2.34. The molecule has 0 spiro atoms. The lowest BCUT2D eigenvalue weighted by molar-refractivity contribution is -0.119. The molecule has 0 bridgehead atoms. The van der Waals surface area contributed by atoms with Crippen LogP contribution in [0.4, 0.5) is 11.4 Å². The Labute approximate surface area is 181 Å². The Hall–Kier alpha value is -2.38. The van der Waals surface area contributed by atoms with Gasteiger partial charge in [0.15, 0.2) is 9.84 Å². The molecule has 1 heterocycles. The molecule has 2 aromatic carbocycles. The summed E-state index contributed by atoms with van der Waals surface area (Å²) in [5.74, 6) is -0.136. The molecule has 30 heavy (non-hydrogen) atoms. The fourth-order valence-corrected chi connectivity index (χ4v) is 5.31. The summed E-state index contributed by atoms with van der Waals surface area (Å²) >= 11 is 5.91. The van der Waals surface area contributed by atoms with Gasteiger partial charge in [0.2, 0.25) is 11.8 Å². The smallest absolute Gasteiger partial charge is 0.230 e. The molecule has 8 heteroatoms. The number of hydrogen-bond donors (Lipinski definition) is 1. The minimum atomic E-state index is -3.69. The average Bonchev–Trinajstić information content (AvgIpc) is 3.46. The highest BCUT2D eigenvalue weighted by atomic mass is 35.5. The van der Waals surface area contributed by atoms with E-state index < -0.39 is 21.0 Å². The molecule has 2 amide bonds. The highest BCUT2D eigenvalue weighted by Gasteiger charge is 2.37. The third kappa shape index (κ3) is 4.23. The van der Waals surface area contributed by atoms with Crippen molar-refractivity contribution in [1.82, 2.24) is 0 Å². The van der Waals surface area contributed by atoms with E-state index in [1.807, 2.05) is 0 Å². The van der Waals surface area contributed by atoms with Crippen LogP contribution in [0.25, 0.3) is 0 Å². The number of fused-ring (bicyclic) bond motifs is 1. The van der Waals surface area contributed by atoms with Crippen molar-refractivity contribution >= 4 is 44.6 Å². The first-order valence-electron chi connectivity index (χ1n) is 9.99. The van der Waals surface area contributed by atoms with E-state index in [2.05, 4.69) is 5.32 Å². The van der Waals surface area contributed by atoms with Gasteiger partial charge < -0.3 is 10.2 Å². The van der Waals surface area contributed by atoms with Gasteiger partial charge in [-0.3, -0.25) is 9.59 Å². The molecule has 0 aromatic heterocycles. The number of sulfone groups is 1. The molecule has 6 nitrogen and oxygen atoms in total. The first-order valence-corrected chi connectivity index (χ1v) is 11.9. The highest BCUT2D eigenvalue weighted by molar-refractivity contribution is 7.92. The number of carbonyl (C=O) groups is 2. The molecule has 0 radical (unpaired) electrons. The van der Waals surface area contributed by atoms with E-state index >= 15 is 0 Å². The van der Waals surface area contributed by atoms with Crippen molar-refractivity contribution in [2.45, 2.75) is 42.8 Å². The summed E-state index contributed by atoms with van der Waals surface area (Å²) in [6, 6.07) is 11.6. The van der Waals surface area contributed by atoms with Gasteiger partial charge in [-0.25, -0.2) is 8.42 Å². The molecule has 1 fully saturated rings. The van der Waals surface area contributed by atoms with Gasteiger partial charge in [0, 0.05) is 35.3 Å². The summed E-state index contributed by atoms with van der Waals surface area (Å²) in [5.41, 5.74) is 2.19. The van der Waals surface area contributed by atoms with Crippen LogP contribution in [0.5, 0.6) is 0 Å². The summed E-state index contributed by atoms with van der Waals surface area (Å²) in [5, 5.41) is 2.28. The third-order valence-corrected chi connectivity index (χ3v) is 7.95. The molecule has 1 atom stereocenters. The quantitative estimate of drug-likeness (QED) is 0.730. The zero-order valence-corrected chi connectivity index (χ0v) is 18.2. The Morgan fingerprint density at radius 1 is 1.20 bits per heavy atom. The van der Waals surface area contributed by atoms with Gasteiger partial charge in [-0.1, -0.05) is 17.7 Å². The Kier molecular flexibility index (Phi) is 5.59. The van der Waals surface area contributed by atoms with Crippen molar-refractivity contribution in [2.75, 3.05) is 16.8 Å². The maximum atomic E-state index is 13.0. The first kappa shape index (κ1) is 20.9. The minimum absolute atomic E-state index is 0.123. The van der Waals surface area contributed by atoms with Gasteiger partial charge in [-0.05, 0) is 68.1 Å². The summed E-state index contributed by atoms with van der Waals surface area (Å²) < 4.78 is 26.1. The second kappa shape index (κ2) is 8.04. The zero-order valence-electron chi connectivity index (χ0n) is 16.6. The van der Waals surface area contributed by atoms with Gasteiger partial charge in [0.25, 0.3) is 0 Å². The lowest BCUT2D eigenvalue weighted by atomic mass is 10.2. The Bertz CT molecular complexity index is 1110. The number of amides is 2. The van der Waals surface area contributed by atoms with Crippen molar-refractivity contribution in [1.29, 1.82) is 0 Å².